The molecule has 0 fully saturated rings. The van der Waals surface area contributed by atoms with E-state index >= 15 is 0 Å². The molecule has 92 valence electrons. The Bertz CT molecular complexity index is 377. The van der Waals surface area contributed by atoms with Gasteiger partial charge in [-0.15, -0.1) is 11.6 Å². The van der Waals surface area contributed by atoms with Crippen molar-refractivity contribution in [2.75, 3.05) is 19.5 Å². The number of rotatable bonds is 5. The highest BCUT2D eigenvalue weighted by Gasteiger charge is 1.94. The average molecular weight is 255 g/mol. The molecule has 2 N–H and O–H groups in total. The molecule has 0 radical (unpaired) electrons. The number of benzene rings is 1. The number of hydrogen-bond donors (Lipinski definition) is 2. The molecule has 17 heavy (non-hydrogen) atoms. The second kappa shape index (κ2) is 7.57. The fourth-order valence-corrected chi connectivity index (χ4v) is 1.23. The van der Waals surface area contributed by atoms with Gasteiger partial charge in [-0.3, -0.25) is 0 Å². The van der Waals surface area contributed by atoms with Crippen molar-refractivity contribution in [3.05, 3.63) is 36.0 Å². The molecule has 1 rings (SSSR count). The van der Waals surface area contributed by atoms with E-state index in [4.69, 9.17) is 16.3 Å². The Hall–Kier alpha value is -1.68. The maximum absolute atomic E-state index is 11.1. The predicted molar refractivity (Wildman–Crippen MR) is 69.3 cm³/mol. The van der Waals surface area contributed by atoms with Gasteiger partial charge < -0.3 is 15.4 Å². The van der Waals surface area contributed by atoms with Crippen molar-refractivity contribution < 1.29 is 9.53 Å². The number of ether oxygens (including phenoxy) is 1. The summed E-state index contributed by atoms with van der Waals surface area (Å²) in [6.45, 7) is 0.448. The lowest BCUT2D eigenvalue weighted by Crippen LogP contribution is -2.33. The summed E-state index contributed by atoms with van der Waals surface area (Å²) >= 11 is 5.43. The number of methoxy groups -OCH3 is 1. The van der Waals surface area contributed by atoms with E-state index in [0.29, 0.717) is 12.4 Å². The lowest BCUT2D eigenvalue weighted by Gasteiger charge is -2.01. The first-order valence-corrected chi connectivity index (χ1v) is 5.70. The van der Waals surface area contributed by atoms with Gasteiger partial charge in [0.25, 0.3) is 0 Å². The van der Waals surface area contributed by atoms with Crippen LogP contribution < -0.4 is 15.4 Å². The normalized spacial score (nSPS) is 10.2. The van der Waals surface area contributed by atoms with Crippen LogP contribution in [0.1, 0.15) is 5.56 Å². The summed E-state index contributed by atoms with van der Waals surface area (Å²) in [5.41, 5.74) is 0.975. The minimum Gasteiger partial charge on any atom is -0.497 e. The minimum absolute atomic E-state index is 0.268. The molecule has 1 aromatic rings. The quantitative estimate of drug-likeness (QED) is 0.792. The molecule has 2 amide bonds. The van der Waals surface area contributed by atoms with Gasteiger partial charge in [0.2, 0.25) is 0 Å². The standard InChI is InChI=1S/C12H15ClN2O2/c1-17-11-4-2-10(3-5-11)6-8-14-12(16)15-9-7-13/h2-6,8H,7,9H2,1H3,(H2,14,15,16)/b8-6+. The van der Waals surface area contributed by atoms with Gasteiger partial charge in [-0.25, -0.2) is 4.79 Å². The van der Waals surface area contributed by atoms with Crippen LogP contribution in [0.4, 0.5) is 4.79 Å². The van der Waals surface area contributed by atoms with Gasteiger partial charge in [-0.05, 0) is 23.8 Å². The Balaban J connectivity index is 2.39. The van der Waals surface area contributed by atoms with E-state index in [1.807, 2.05) is 24.3 Å². The summed E-state index contributed by atoms with van der Waals surface area (Å²) in [7, 11) is 1.62. The van der Waals surface area contributed by atoms with Gasteiger partial charge in [-0.1, -0.05) is 12.1 Å². The number of urea groups is 1. The summed E-state index contributed by atoms with van der Waals surface area (Å²) in [4.78, 5) is 11.1. The Kier molecular flexibility index (Phi) is 5.96. The molecule has 0 aliphatic heterocycles. The van der Waals surface area contributed by atoms with E-state index in [1.54, 1.807) is 19.4 Å². The van der Waals surface area contributed by atoms with E-state index in [-0.39, 0.29) is 6.03 Å². The average Bonchev–Trinajstić information content (AvgIpc) is 2.37. The highest BCUT2D eigenvalue weighted by atomic mass is 35.5. The van der Waals surface area contributed by atoms with E-state index in [9.17, 15) is 4.79 Å². The summed E-state index contributed by atoms with van der Waals surface area (Å²) in [6, 6.07) is 7.23. The highest BCUT2D eigenvalue weighted by molar-refractivity contribution is 6.18. The summed E-state index contributed by atoms with van der Waals surface area (Å²) < 4.78 is 5.04. The van der Waals surface area contributed by atoms with Crippen molar-refractivity contribution in [1.29, 1.82) is 0 Å². The Morgan fingerprint density at radius 2 is 2.12 bits per heavy atom. The summed E-state index contributed by atoms with van der Waals surface area (Å²) in [5, 5.41) is 5.16. The van der Waals surface area contributed by atoms with Crippen LogP contribution in [0.15, 0.2) is 30.5 Å². The SMILES string of the molecule is COc1ccc(/C=C/NC(=O)NCCCl)cc1. The lowest BCUT2D eigenvalue weighted by molar-refractivity contribution is 0.245. The lowest BCUT2D eigenvalue weighted by atomic mass is 10.2. The molecular weight excluding hydrogens is 240 g/mol. The fourth-order valence-electron chi connectivity index (χ4n) is 1.14. The zero-order valence-corrected chi connectivity index (χ0v) is 10.3. The van der Waals surface area contributed by atoms with E-state index < -0.39 is 0 Å². The first kappa shape index (κ1) is 13.4. The molecule has 0 aliphatic carbocycles. The van der Waals surface area contributed by atoms with Crippen LogP contribution >= 0.6 is 11.6 Å². The van der Waals surface area contributed by atoms with Gasteiger partial charge >= 0.3 is 6.03 Å². The van der Waals surface area contributed by atoms with E-state index in [0.717, 1.165) is 11.3 Å². The number of carbonyl (C=O) groups is 1. The van der Waals surface area contributed by atoms with Gasteiger partial charge in [0.05, 0.1) is 7.11 Å². The number of alkyl halides is 1. The van der Waals surface area contributed by atoms with Crippen LogP contribution in [0, 0.1) is 0 Å². The van der Waals surface area contributed by atoms with Gasteiger partial charge in [0.15, 0.2) is 0 Å². The number of carbonyl (C=O) groups excluding carboxylic acids is 1. The number of amides is 2. The molecule has 0 atom stereocenters. The summed E-state index contributed by atoms with van der Waals surface area (Å²) in [6.07, 6.45) is 3.37. The van der Waals surface area contributed by atoms with Crippen LogP contribution in [0.5, 0.6) is 5.75 Å². The van der Waals surface area contributed by atoms with E-state index in [2.05, 4.69) is 10.6 Å². The topological polar surface area (TPSA) is 50.4 Å². The second-order valence-corrected chi connectivity index (χ2v) is 3.57. The molecular formula is C12H15ClN2O2. The highest BCUT2D eigenvalue weighted by Crippen LogP contribution is 2.11. The summed E-state index contributed by atoms with van der Waals surface area (Å²) in [5.74, 6) is 1.20. The molecule has 0 bridgehead atoms. The molecule has 1 aromatic carbocycles. The Morgan fingerprint density at radius 3 is 2.71 bits per heavy atom. The van der Waals surface area contributed by atoms with Crippen LogP contribution in [0.3, 0.4) is 0 Å². The van der Waals surface area contributed by atoms with Crippen molar-refractivity contribution in [1.82, 2.24) is 10.6 Å². The van der Waals surface area contributed by atoms with E-state index in [1.165, 1.54) is 0 Å². The monoisotopic (exact) mass is 254 g/mol. The molecule has 0 unspecified atom stereocenters. The first-order valence-electron chi connectivity index (χ1n) is 5.17. The van der Waals surface area contributed by atoms with Crippen LogP contribution in [-0.2, 0) is 0 Å². The third-order valence-corrected chi connectivity index (χ3v) is 2.18. The number of nitrogens with one attached hydrogen (secondary N) is 2. The Labute approximate surface area is 106 Å². The third kappa shape index (κ3) is 5.26. The van der Waals surface area contributed by atoms with Crippen LogP contribution in [-0.4, -0.2) is 25.6 Å². The number of halogens is 1. The third-order valence-electron chi connectivity index (χ3n) is 1.99. The molecule has 0 aliphatic rings. The number of hydrogen-bond acceptors (Lipinski definition) is 2. The maximum atomic E-state index is 11.1. The van der Waals surface area contributed by atoms with Gasteiger partial charge in [-0.2, -0.15) is 0 Å². The molecule has 0 aromatic heterocycles. The van der Waals surface area contributed by atoms with Crippen molar-refractivity contribution in [3.8, 4) is 5.75 Å². The minimum atomic E-state index is -0.268. The molecule has 0 heterocycles. The van der Waals surface area contributed by atoms with Crippen molar-refractivity contribution in [2.45, 2.75) is 0 Å². The van der Waals surface area contributed by atoms with Gasteiger partial charge in [0.1, 0.15) is 5.75 Å². The maximum Gasteiger partial charge on any atom is 0.318 e. The van der Waals surface area contributed by atoms with Crippen molar-refractivity contribution in [2.24, 2.45) is 0 Å². The first-order chi connectivity index (χ1) is 8.26. The molecule has 5 heteroatoms. The zero-order chi connectivity index (χ0) is 12.5. The van der Waals surface area contributed by atoms with Crippen molar-refractivity contribution >= 4 is 23.7 Å². The Morgan fingerprint density at radius 1 is 1.41 bits per heavy atom. The second-order valence-electron chi connectivity index (χ2n) is 3.20. The molecule has 0 saturated carbocycles. The zero-order valence-electron chi connectivity index (χ0n) is 9.57. The molecule has 0 saturated heterocycles. The molecule has 0 spiro atoms. The molecule has 4 nitrogen and oxygen atoms in total. The fraction of sp³-hybridized carbons (Fsp3) is 0.250. The van der Waals surface area contributed by atoms with Crippen LogP contribution in [0.2, 0.25) is 0 Å². The van der Waals surface area contributed by atoms with Gasteiger partial charge in [0, 0.05) is 18.6 Å². The van der Waals surface area contributed by atoms with Crippen molar-refractivity contribution in [3.63, 3.8) is 0 Å². The smallest absolute Gasteiger partial charge is 0.318 e. The van der Waals surface area contributed by atoms with Crippen LogP contribution in [0.25, 0.3) is 6.08 Å². The predicted octanol–water partition coefficient (Wildman–Crippen LogP) is 2.20. The largest absolute Gasteiger partial charge is 0.497 e.